The molecule has 5 heteroatoms. The molecular weight excluding hydrogens is 278 g/mol. The molecule has 3 rings (SSSR count). The topological polar surface area (TPSA) is 61.4 Å². The summed E-state index contributed by atoms with van der Waals surface area (Å²) in [6.07, 6.45) is 0.975. The van der Waals surface area contributed by atoms with E-state index in [4.69, 9.17) is 0 Å². The largest absolute Gasteiger partial charge is 0.333 e. The second kappa shape index (κ2) is 6.08. The van der Waals surface area contributed by atoms with E-state index in [9.17, 15) is 9.59 Å². The molecule has 1 saturated heterocycles. The van der Waals surface area contributed by atoms with Crippen LogP contribution in [0.4, 0.5) is 5.69 Å². The van der Waals surface area contributed by atoms with Crippen LogP contribution in [0.5, 0.6) is 0 Å². The van der Waals surface area contributed by atoms with Gasteiger partial charge in [-0.3, -0.25) is 9.59 Å². The molecule has 2 N–H and O–H groups in total. The molecule has 2 aliphatic rings. The molecule has 0 bridgehead atoms. The van der Waals surface area contributed by atoms with Crippen molar-refractivity contribution >= 4 is 17.5 Å². The Balaban J connectivity index is 1.63. The standard InChI is InChI=1S/C17H23N3O2/c1-11-9-15(11)16(21)19-14-5-3-13(4-6-14)17(22)20-8-7-18-10-12(20)2/h3-6,11-12,15,18H,7-10H2,1-2H3,(H,19,21). The number of hydrogen-bond donors (Lipinski definition) is 2. The van der Waals surface area contributed by atoms with Gasteiger partial charge in [-0.2, -0.15) is 0 Å². The minimum atomic E-state index is 0.0580. The molecule has 0 spiro atoms. The van der Waals surface area contributed by atoms with Gasteiger partial charge in [0.2, 0.25) is 5.91 Å². The molecule has 1 aliphatic carbocycles. The Labute approximate surface area is 131 Å². The Morgan fingerprint density at radius 3 is 2.50 bits per heavy atom. The summed E-state index contributed by atoms with van der Waals surface area (Å²) in [4.78, 5) is 26.3. The molecule has 1 saturated carbocycles. The predicted octanol–water partition coefficient (Wildman–Crippen LogP) is 1.71. The molecule has 2 fully saturated rings. The van der Waals surface area contributed by atoms with Gasteiger partial charge in [-0.25, -0.2) is 0 Å². The number of nitrogens with one attached hydrogen (secondary N) is 2. The fourth-order valence-corrected chi connectivity index (χ4v) is 2.93. The van der Waals surface area contributed by atoms with Gasteiger partial charge >= 0.3 is 0 Å². The summed E-state index contributed by atoms with van der Waals surface area (Å²) >= 11 is 0. The third-order valence-electron chi connectivity index (χ3n) is 4.61. The van der Waals surface area contributed by atoms with E-state index in [1.807, 2.05) is 17.0 Å². The number of amides is 2. The molecule has 1 aliphatic heterocycles. The van der Waals surface area contributed by atoms with Crippen molar-refractivity contribution in [3.63, 3.8) is 0 Å². The fourth-order valence-electron chi connectivity index (χ4n) is 2.93. The van der Waals surface area contributed by atoms with Crippen LogP contribution in [0.2, 0.25) is 0 Å². The number of anilines is 1. The maximum atomic E-state index is 12.5. The zero-order chi connectivity index (χ0) is 15.7. The molecule has 118 valence electrons. The summed E-state index contributed by atoms with van der Waals surface area (Å²) in [5.74, 6) is 0.794. The number of hydrogen-bond acceptors (Lipinski definition) is 3. The average Bonchev–Trinajstić information content (AvgIpc) is 3.25. The summed E-state index contributed by atoms with van der Waals surface area (Å²) in [5, 5.41) is 6.20. The molecule has 5 nitrogen and oxygen atoms in total. The van der Waals surface area contributed by atoms with Crippen molar-refractivity contribution in [2.75, 3.05) is 25.0 Å². The first kappa shape index (κ1) is 15.0. The third kappa shape index (κ3) is 3.14. The highest BCUT2D eigenvalue weighted by molar-refractivity contribution is 5.97. The molecule has 1 aromatic carbocycles. The summed E-state index contributed by atoms with van der Waals surface area (Å²) in [6.45, 7) is 6.54. The zero-order valence-corrected chi connectivity index (χ0v) is 13.1. The first-order valence-corrected chi connectivity index (χ1v) is 7.99. The number of nitrogens with zero attached hydrogens (tertiary/aromatic N) is 1. The highest BCUT2D eigenvalue weighted by Gasteiger charge is 2.39. The van der Waals surface area contributed by atoms with E-state index >= 15 is 0 Å². The van der Waals surface area contributed by atoms with Crippen molar-refractivity contribution in [3.8, 4) is 0 Å². The Morgan fingerprint density at radius 2 is 1.91 bits per heavy atom. The number of carbonyl (C=O) groups excluding carboxylic acids is 2. The van der Waals surface area contributed by atoms with Crippen LogP contribution in [0, 0.1) is 11.8 Å². The SMILES string of the molecule is CC1CC1C(=O)Nc1ccc(C(=O)N2CCNCC2C)cc1. The molecule has 3 atom stereocenters. The molecule has 1 heterocycles. The highest BCUT2D eigenvalue weighted by atomic mass is 16.2. The predicted molar refractivity (Wildman–Crippen MR) is 85.7 cm³/mol. The van der Waals surface area contributed by atoms with Crippen LogP contribution in [0.1, 0.15) is 30.6 Å². The minimum absolute atomic E-state index is 0.0580. The van der Waals surface area contributed by atoms with E-state index in [0.29, 0.717) is 11.5 Å². The van der Waals surface area contributed by atoms with Crippen molar-refractivity contribution in [2.24, 2.45) is 11.8 Å². The molecular formula is C17H23N3O2. The first-order valence-electron chi connectivity index (χ1n) is 7.99. The first-order chi connectivity index (χ1) is 10.6. The maximum absolute atomic E-state index is 12.5. The van der Waals surface area contributed by atoms with Gasteiger partial charge in [-0.1, -0.05) is 6.92 Å². The van der Waals surface area contributed by atoms with Crippen LogP contribution in [0.25, 0.3) is 0 Å². The quantitative estimate of drug-likeness (QED) is 0.893. The van der Waals surface area contributed by atoms with Crippen LogP contribution in [-0.4, -0.2) is 42.4 Å². The van der Waals surface area contributed by atoms with Crippen LogP contribution >= 0.6 is 0 Å². The average molecular weight is 301 g/mol. The van der Waals surface area contributed by atoms with Crippen LogP contribution < -0.4 is 10.6 Å². The molecule has 0 radical (unpaired) electrons. The lowest BCUT2D eigenvalue weighted by molar-refractivity contribution is -0.117. The van der Waals surface area contributed by atoms with E-state index in [2.05, 4.69) is 24.5 Å². The van der Waals surface area contributed by atoms with Crippen molar-refractivity contribution in [1.29, 1.82) is 0 Å². The van der Waals surface area contributed by atoms with Gasteiger partial charge in [-0.05, 0) is 43.5 Å². The smallest absolute Gasteiger partial charge is 0.254 e. The maximum Gasteiger partial charge on any atom is 0.254 e. The Kier molecular flexibility index (Phi) is 4.16. The molecule has 2 amide bonds. The highest BCUT2D eigenvalue weighted by Crippen LogP contribution is 2.38. The van der Waals surface area contributed by atoms with Gasteiger partial charge in [0, 0.05) is 42.8 Å². The van der Waals surface area contributed by atoms with Crippen molar-refractivity contribution in [1.82, 2.24) is 10.2 Å². The second-order valence-electron chi connectivity index (χ2n) is 6.44. The number of piperazine rings is 1. The van der Waals surface area contributed by atoms with Crippen LogP contribution in [0.3, 0.4) is 0 Å². The van der Waals surface area contributed by atoms with Crippen molar-refractivity contribution < 1.29 is 9.59 Å². The number of benzene rings is 1. The van der Waals surface area contributed by atoms with Gasteiger partial charge in [0.25, 0.3) is 5.91 Å². The second-order valence-corrected chi connectivity index (χ2v) is 6.44. The van der Waals surface area contributed by atoms with E-state index < -0.39 is 0 Å². The molecule has 0 aromatic heterocycles. The van der Waals surface area contributed by atoms with Crippen LogP contribution in [0.15, 0.2) is 24.3 Å². The van der Waals surface area contributed by atoms with Gasteiger partial charge in [0.15, 0.2) is 0 Å². The normalized spacial score (nSPS) is 27.4. The number of carbonyl (C=O) groups is 2. The van der Waals surface area contributed by atoms with Gasteiger partial charge in [0.1, 0.15) is 0 Å². The van der Waals surface area contributed by atoms with Crippen LogP contribution in [-0.2, 0) is 4.79 Å². The number of rotatable bonds is 3. The van der Waals surface area contributed by atoms with Gasteiger partial charge < -0.3 is 15.5 Å². The lowest BCUT2D eigenvalue weighted by Crippen LogP contribution is -2.52. The molecule has 1 aromatic rings. The lowest BCUT2D eigenvalue weighted by Gasteiger charge is -2.34. The van der Waals surface area contributed by atoms with E-state index in [-0.39, 0.29) is 23.8 Å². The Hall–Kier alpha value is -1.88. The van der Waals surface area contributed by atoms with E-state index in [0.717, 1.165) is 31.7 Å². The lowest BCUT2D eigenvalue weighted by atomic mass is 10.1. The summed E-state index contributed by atoms with van der Waals surface area (Å²) in [6, 6.07) is 7.42. The van der Waals surface area contributed by atoms with E-state index in [1.54, 1.807) is 12.1 Å². The van der Waals surface area contributed by atoms with E-state index in [1.165, 1.54) is 0 Å². The third-order valence-corrected chi connectivity index (χ3v) is 4.61. The Bertz CT molecular complexity index is 570. The summed E-state index contributed by atoms with van der Waals surface area (Å²) in [7, 11) is 0. The Morgan fingerprint density at radius 1 is 1.23 bits per heavy atom. The van der Waals surface area contributed by atoms with Crippen molar-refractivity contribution in [2.45, 2.75) is 26.3 Å². The zero-order valence-electron chi connectivity index (χ0n) is 13.1. The summed E-state index contributed by atoms with van der Waals surface area (Å²) < 4.78 is 0. The fraction of sp³-hybridized carbons (Fsp3) is 0.529. The van der Waals surface area contributed by atoms with Gasteiger partial charge in [0.05, 0.1) is 0 Å². The minimum Gasteiger partial charge on any atom is -0.333 e. The molecule has 3 unspecified atom stereocenters. The molecule has 22 heavy (non-hydrogen) atoms. The monoisotopic (exact) mass is 301 g/mol. The summed E-state index contributed by atoms with van der Waals surface area (Å²) in [5.41, 5.74) is 1.43. The van der Waals surface area contributed by atoms with Crippen molar-refractivity contribution in [3.05, 3.63) is 29.8 Å². The van der Waals surface area contributed by atoms with Gasteiger partial charge in [-0.15, -0.1) is 0 Å².